The van der Waals surface area contributed by atoms with Crippen LogP contribution in [0.25, 0.3) is 0 Å². The molecule has 0 atom stereocenters. The van der Waals surface area contributed by atoms with E-state index in [4.69, 9.17) is 0 Å². The van der Waals surface area contributed by atoms with Crippen molar-refractivity contribution in [2.45, 2.75) is 19.0 Å². The fraction of sp³-hybridized carbons (Fsp3) is 0.636. The van der Waals surface area contributed by atoms with Crippen LogP contribution in [-0.2, 0) is 4.74 Å². The number of thiazole rings is 1. The summed E-state index contributed by atoms with van der Waals surface area (Å²) >= 11 is 1.24. The Morgan fingerprint density at radius 3 is 2.63 bits per heavy atom. The van der Waals surface area contributed by atoms with E-state index in [0.29, 0.717) is 18.2 Å². The molecule has 0 saturated carbocycles. The Morgan fingerprint density at radius 2 is 2.11 bits per heavy atom. The van der Waals surface area contributed by atoms with Crippen molar-refractivity contribution in [3.63, 3.8) is 0 Å². The van der Waals surface area contributed by atoms with Crippen molar-refractivity contribution >= 4 is 22.4 Å². The molecular formula is C11H13F3N2O2S. The van der Waals surface area contributed by atoms with Gasteiger partial charge in [-0.05, 0) is 12.8 Å². The zero-order valence-corrected chi connectivity index (χ0v) is 11.1. The summed E-state index contributed by atoms with van der Waals surface area (Å²) in [6.07, 6.45) is -3.99. The van der Waals surface area contributed by atoms with Crippen LogP contribution >= 0.6 is 11.3 Å². The van der Waals surface area contributed by atoms with Crippen LogP contribution in [-0.4, -0.2) is 37.3 Å². The molecule has 1 aliphatic heterocycles. The van der Waals surface area contributed by atoms with Gasteiger partial charge in [0.1, 0.15) is 0 Å². The van der Waals surface area contributed by atoms with Crippen molar-refractivity contribution in [3.05, 3.63) is 11.1 Å². The third-order valence-electron chi connectivity index (χ3n) is 3.11. The van der Waals surface area contributed by atoms with E-state index in [1.807, 2.05) is 0 Å². The number of aromatic nitrogens is 1. The number of alkyl halides is 3. The monoisotopic (exact) mass is 294 g/mol. The van der Waals surface area contributed by atoms with E-state index in [2.05, 4.69) is 9.72 Å². The molecule has 1 aliphatic rings. The van der Waals surface area contributed by atoms with E-state index in [0.717, 1.165) is 0 Å². The third-order valence-corrected chi connectivity index (χ3v) is 4.02. The Kier molecular flexibility index (Phi) is 3.98. The SMILES string of the molecule is COC(=O)c1csc(N2CCC(C(F)(F)F)CC2)n1. The standard InChI is InChI=1S/C11H13F3N2O2S/c1-18-9(17)8-6-19-10(15-8)16-4-2-7(3-5-16)11(12,13)14/h6-7H,2-5H2,1H3. The van der Waals surface area contributed by atoms with E-state index in [1.165, 1.54) is 18.4 Å². The fourth-order valence-corrected chi connectivity index (χ4v) is 2.85. The highest BCUT2D eigenvalue weighted by Gasteiger charge is 2.41. The number of esters is 1. The Labute approximate surface area is 112 Å². The van der Waals surface area contributed by atoms with Gasteiger partial charge in [-0.3, -0.25) is 0 Å². The number of carbonyl (C=O) groups is 1. The molecule has 2 rings (SSSR count). The largest absolute Gasteiger partial charge is 0.464 e. The summed E-state index contributed by atoms with van der Waals surface area (Å²) in [6.45, 7) is 0.608. The van der Waals surface area contributed by atoms with Crippen LogP contribution in [0.2, 0.25) is 0 Å². The molecule has 1 fully saturated rings. The van der Waals surface area contributed by atoms with Crippen molar-refractivity contribution in [1.82, 2.24) is 4.98 Å². The van der Waals surface area contributed by atoms with Crippen LogP contribution in [0.5, 0.6) is 0 Å². The molecular weight excluding hydrogens is 281 g/mol. The topological polar surface area (TPSA) is 42.4 Å². The Bertz CT molecular complexity index is 453. The number of carbonyl (C=O) groups excluding carboxylic acids is 1. The van der Waals surface area contributed by atoms with Crippen LogP contribution < -0.4 is 4.90 Å². The molecule has 2 heterocycles. The number of hydrogen-bond acceptors (Lipinski definition) is 5. The first kappa shape index (κ1) is 14.1. The zero-order valence-electron chi connectivity index (χ0n) is 10.2. The molecule has 0 spiro atoms. The van der Waals surface area contributed by atoms with E-state index >= 15 is 0 Å². The van der Waals surface area contributed by atoms with Gasteiger partial charge >= 0.3 is 12.1 Å². The number of methoxy groups -OCH3 is 1. The van der Waals surface area contributed by atoms with Crippen LogP contribution in [0, 0.1) is 5.92 Å². The molecule has 8 heteroatoms. The molecule has 1 aromatic heterocycles. The second-order valence-electron chi connectivity index (χ2n) is 4.31. The summed E-state index contributed by atoms with van der Waals surface area (Å²) in [6, 6.07) is 0. The lowest BCUT2D eigenvalue weighted by Gasteiger charge is -2.32. The molecule has 0 radical (unpaired) electrons. The maximum Gasteiger partial charge on any atom is 0.391 e. The average Bonchev–Trinajstić information content (AvgIpc) is 2.86. The normalized spacial score (nSPS) is 17.6. The van der Waals surface area contributed by atoms with E-state index in [9.17, 15) is 18.0 Å². The van der Waals surface area contributed by atoms with Gasteiger partial charge in [0.2, 0.25) is 0 Å². The van der Waals surface area contributed by atoms with Crippen LogP contribution in [0.1, 0.15) is 23.3 Å². The van der Waals surface area contributed by atoms with Gasteiger partial charge in [-0.25, -0.2) is 9.78 Å². The molecule has 4 nitrogen and oxygen atoms in total. The molecule has 1 aromatic rings. The number of halogens is 3. The molecule has 0 aromatic carbocycles. The van der Waals surface area contributed by atoms with Gasteiger partial charge in [-0.2, -0.15) is 13.2 Å². The van der Waals surface area contributed by atoms with Crippen molar-refractivity contribution in [1.29, 1.82) is 0 Å². The smallest absolute Gasteiger partial charge is 0.391 e. The quantitative estimate of drug-likeness (QED) is 0.787. The second kappa shape index (κ2) is 5.36. The van der Waals surface area contributed by atoms with Gasteiger partial charge in [0, 0.05) is 18.5 Å². The van der Waals surface area contributed by atoms with Crippen LogP contribution in [0.3, 0.4) is 0 Å². The first-order chi connectivity index (χ1) is 8.91. The number of hydrogen-bond donors (Lipinski definition) is 0. The summed E-state index contributed by atoms with van der Waals surface area (Å²) in [5.74, 6) is -1.77. The summed E-state index contributed by atoms with van der Waals surface area (Å²) in [4.78, 5) is 17.1. The minimum Gasteiger partial charge on any atom is -0.464 e. The number of piperidine rings is 1. The van der Waals surface area contributed by atoms with Gasteiger partial charge in [-0.1, -0.05) is 0 Å². The van der Waals surface area contributed by atoms with Crippen LogP contribution in [0.4, 0.5) is 18.3 Å². The molecule has 0 bridgehead atoms. The van der Waals surface area contributed by atoms with Gasteiger partial charge in [0.25, 0.3) is 0 Å². The highest BCUT2D eigenvalue weighted by Crippen LogP contribution is 2.35. The Balaban J connectivity index is 1.98. The highest BCUT2D eigenvalue weighted by molar-refractivity contribution is 7.13. The first-order valence-corrected chi connectivity index (χ1v) is 6.65. The molecule has 1 saturated heterocycles. The average molecular weight is 294 g/mol. The molecule has 0 N–H and O–H groups in total. The van der Waals surface area contributed by atoms with Gasteiger partial charge in [0.05, 0.1) is 13.0 Å². The van der Waals surface area contributed by atoms with Gasteiger partial charge in [-0.15, -0.1) is 11.3 Å². The maximum absolute atomic E-state index is 12.5. The lowest BCUT2D eigenvalue weighted by atomic mass is 9.97. The van der Waals surface area contributed by atoms with E-state index in [1.54, 1.807) is 10.3 Å². The lowest BCUT2D eigenvalue weighted by molar-refractivity contribution is -0.179. The number of nitrogens with zero attached hydrogens (tertiary/aromatic N) is 2. The van der Waals surface area contributed by atoms with Gasteiger partial charge in [0.15, 0.2) is 10.8 Å². The molecule has 106 valence electrons. The number of ether oxygens (including phenoxy) is 1. The fourth-order valence-electron chi connectivity index (χ4n) is 2.01. The minimum atomic E-state index is -4.12. The minimum absolute atomic E-state index is 0.0661. The van der Waals surface area contributed by atoms with Crippen molar-refractivity contribution in [3.8, 4) is 0 Å². The van der Waals surface area contributed by atoms with Crippen LogP contribution in [0.15, 0.2) is 5.38 Å². The van der Waals surface area contributed by atoms with E-state index in [-0.39, 0.29) is 18.5 Å². The maximum atomic E-state index is 12.5. The van der Waals surface area contributed by atoms with Crippen molar-refractivity contribution in [2.75, 3.05) is 25.1 Å². The van der Waals surface area contributed by atoms with Crippen molar-refractivity contribution < 1.29 is 22.7 Å². The molecule has 19 heavy (non-hydrogen) atoms. The summed E-state index contributed by atoms with van der Waals surface area (Å²) in [5.41, 5.74) is 0.195. The number of anilines is 1. The van der Waals surface area contributed by atoms with Crippen molar-refractivity contribution in [2.24, 2.45) is 5.92 Å². The molecule has 0 amide bonds. The van der Waals surface area contributed by atoms with E-state index < -0.39 is 18.1 Å². The first-order valence-electron chi connectivity index (χ1n) is 5.77. The molecule has 0 unspecified atom stereocenters. The predicted molar refractivity (Wildman–Crippen MR) is 64.4 cm³/mol. The summed E-state index contributed by atoms with van der Waals surface area (Å²) in [7, 11) is 1.26. The molecule has 0 aliphatic carbocycles. The Hall–Kier alpha value is -1.31. The Morgan fingerprint density at radius 1 is 1.47 bits per heavy atom. The zero-order chi connectivity index (χ0) is 14.0. The summed E-state index contributed by atoms with van der Waals surface area (Å²) < 4.78 is 42.1. The number of rotatable bonds is 2. The lowest BCUT2D eigenvalue weighted by Crippen LogP contribution is -2.39. The third kappa shape index (κ3) is 3.17. The second-order valence-corrected chi connectivity index (χ2v) is 5.15. The summed E-state index contributed by atoms with van der Waals surface area (Å²) in [5, 5.41) is 2.12. The highest BCUT2D eigenvalue weighted by atomic mass is 32.1. The predicted octanol–water partition coefficient (Wildman–Crippen LogP) is 2.71. The van der Waals surface area contributed by atoms with Gasteiger partial charge < -0.3 is 9.64 Å².